The van der Waals surface area contributed by atoms with Gasteiger partial charge in [-0.25, -0.2) is 0 Å². The molecule has 0 radical (unpaired) electrons. The van der Waals surface area contributed by atoms with Crippen molar-refractivity contribution >= 4 is 5.69 Å². The van der Waals surface area contributed by atoms with E-state index in [2.05, 4.69) is 12.1 Å². The summed E-state index contributed by atoms with van der Waals surface area (Å²) in [6.45, 7) is 0.888. The molecule has 2 heteroatoms. The zero-order valence-electron chi connectivity index (χ0n) is 10.5. The van der Waals surface area contributed by atoms with E-state index in [1.807, 2.05) is 12.1 Å². The molecule has 1 aromatic rings. The van der Waals surface area contributed by atoms with E-state index in [0.717, 1.165) is 25.1 Å². The van der Waals surface area contributed by atoms with Crippen LogP contribution in [-0.4, -0.2) is 12.7 Å². The highest BCUT2D eigenvalue weighted by molar-refractivity contribution is 5.40. The van der Waals surface area contributed by atoms with Crippen LogP contribution >= 0.6 is 0 Å². The van der Waals surface area contributed by atoms with E-state index in [4.69, 9.17) is 10.5 Å². The van der Waals surface area contributed by atoms with Crippen molar-refractivity contribution in [1.82, 2.24) is 0 Å². The number of hydrogen-bond acceptors (Lipinski definition) is 2. The van der Waals surface area contributed by atoms with Gasteiger partial charge in [-0.05, 0) is 43.4 Å². The van der Waals surface area contributed by atoms with Crippen molar-refractivity contribution in [2.45, 2.75) is 51.0 Å². The van der Waals surface area contributed by atoms with Crippen LogP contribution in [0.15, 0.2) is 24.3 Å². The minimum atomic E-state index is 0.532. The van der Waals surface area contributed by atoms with Crippen molar-refractivity contribution in [3.63, 3.8) is 0 Å². The minimum absolute atomic E-state index is 0.532. The van der Waals surface area contributed by atoms with Gasteiger partial charge in [0.05, 0.1) is 6.10 Å². The number of benzene rings is 1. The van der Waals surface area contributed by atoms with Crippen molar-refractivity contribution in [2.24, 2.45) is 0 Å². The molecular weight excluding hydrogens is 210 g/mol. The third kappa shape index (κ3) is 4.39. The van der Waals surface area contributed by atoms with Crippen LogP contribution in [0.2, 0.25) is 0 Å². The van der Waals surface area contributed by atoms with Crippen LogP contribution in [0.25, 0.3) is 0 Å². The van der Waals surface area contributed by atoms with E-state index in [1.54, 1.807) is 0 Å². The lowest BCUT2D eigenvalue weighted by atomic mass is 9.98. The maximum atomic E-state index is 5.90. The van der Waals surface area contributed by atoms with Crippen LogP contribution in [0, 0.1) is 0 Å². The summed E-state index contributed by atoms with van der Waals surface area (Å²) >= 11 is 0. The first-order chi connectivity index (χ1) is 8.34. The topological polar surface area (TPSA) is 35.2 Å². The van der Waals surface area contributed by atoms with Crippen molar-refractivity contribution in [1.29, 1.82) is 0 Å². The van der Waals surface area contributed by atoms with Gasteiger partial charge in [-0.15, -0.1) is 0 Å². The Morgan fingerprint density at radius 3 is 2.76 bits per heavy atom. The third-order valence-corrected chi connectivity index (χ3v) is 3.47. The Labute approximate surface area is 104 Å². The molecule has 2 nitrogen and oxygen atoms in total. The normalized spacial score (nSPS) is 17.2. The minimum Gasteiger partial charge on any atom is -0.399 e. The van der Waals surface area contributed by atoms with Crippen molar-refractivity contribution in [2.75, 3.05) is 12.3 Å². The highest BCUT2D eigenvalue weighted by Gasteiger charge is 2.12. The fourth-order valence-electron chi connectivity index (χ4n) is 2.51. The molecule has 0 heterocycles. The first-order valence-electron chi connectivity index (χ1n) is 6.80. The molecule has 1 saturated carbocycles. The summed E-state index contributed by atoms with van der Waals surface area (Å²) in [4.78, 5) is 0. The molecule has 0 unspecified atom stereocenters. The summed E-state index contributed by atoms with van der Waals surface area (Å²) in [6, 6.07) is 8.15. The van der Waals surface area contributed by atoms with E-state index in [9.17, 15) is 0 Å². The summed E-state index contributed by atoms with van der Waals surface area (Å²) < 4.78 is 5.90. The molecule has 1 aromatic carbocycles. The lowest BCUT2D eigenvalue weighted by Gasteiger charge is -2.21. The van der Waals surface area contributed by atoms with Crippen LogP contribution in [-0.2, 0) is 11.2 Å². The average Bonchev–Trinajstić information content (AvgIpc) is 2.36. The molecule has 94 valence electrons. The maximum absolute atomic E-state index is 5.90. The number of anilines is 1. The van der Waals surface area contributed by atoms with E-state index >= 15 is 0 Å². The molecular formula is C15H23NO. The molecule has 0 atom stereocenters. The second kappa shape index (κ2) is 6.65. The molecule has 0 spiro atoms. The molecule has 2 rings (SSSR count). The van der Waals surface area contributed by atoms with Crippen LogP contribution in [0.1, 0.15) is 44.1 Å². The molecule has 1 aliphatic carbocycles. The summed E-state index contributed by atoms with van der Waals surface area (Å²) in [5.74, 6) is 0. The molecule has 0 bridgehead atoms. The van der Waals surface area contributed by atoms with Crippen LogP contribution < -0.4 is 5.73 Å². The van der Waals surface area contributed by atoms with Gasteiger partial charge in [-0.2, -0.15) is 0 Å². The molecule has 0 saturated heterocycles. The van der Waals surface area contributed by atoms with Gasteiger partial charge in [-0.3, -0.25) is 0 Å². The number of ether oxygens (including phenoxy) is 1. The zero-order chi connectivity index (χ0) is 11.9. The number of aryl methyl sites for hydroxylation is 1. The second-order valence-corrected chi connectivity index (χ2v) is 4.98. The monoisotopic (exact) mass is 233 g/mol. The molecule has 0 aromatic heterocycles. The molecule has 0 amide bonds. The molecule has 17 heavy (non-hydrogen) atoms. The Morgan fingerprint density at radius 1 is 1.18 bits per heavy atom. The Morgan fingerprint density at radius 2 is 2.00 bits per heavy atom. The number of hydrogen-bond donors (Lipinski definition) is 1. The second-order valence-electron chi connectivity index (χ2n) is 4.98. The standard InChI is InChI=1S/C15H23NO/c16-14-8-4-6-13(12-14)7-5-11-17-15-9-2-1-3-10-15/h4,6,8,12,15H,1-3,5,7,9-11,16H2. The fourth-order valence-corrected chi connectivity index (χ4v) is 2.51. The number of rotatable bonds is 5. The Hall–Kier alpha value is -1.02. The maximum Gasteiger partial charge on any atom is 0.0575 e. The molecule has 1 aliphatic rings. The number of nitrogen functional groups attached to an aromatic ring is 1. The smallest absolute Gasteiger partial charge is 0.0575 e. The van der Waals surface area contributed by atoms with Crippen molar-refractivity contribution in [3.05, 3.63) is 29.8 Å². The van der Waals surface area contributed by atoms with Crippen molar-refractivity contribution < 1.29 is 4.74 Å². The van der Waals surface area contributed by atoms with Gasteiger partial charge in [-0.1, -0.05) is 31.4 Å². The van der Waals surface area contributed by atoms with Crippen LogP contribution in [0.3, 0.4) is 0 Å². The lowest BCUT2D eigenvalue weighted by Crippen LogP contribution is -2.17. The Bertz CT molecular complexity index is 331. The van der Waals surface area contributed by atoms with Gasteiger partial charge >= 0.3 is 0 Å². The molecule has 1 fully saturated rings. The number of nitrogens with two attached hydrogens (primary N) is 1. The largest absolute Gasteiger partial charge is 0.399 e. The summed E-state index contributed by atoms with van der Waals surface area (Å²) in [5, 5.41) is 0. The van der Waals surface area contributed by atoms with Gasteiger partial charge in [0, 0.05) is 12.3 Å². The highest BCUT2D eigenvalue weighted by Crippen LogP contribution is 2.20. The lowest BCUT2D eigenvalue weighted by molar-refractivity contribution is 0.0273. The quantitative estimate of drug-likeness (QED) is 0.623. The third-order valence-electron chi connectivity index (χ3n) is 3.47. The first-order valence-corrected chi connectivity index (χ1v) is 6.80. The van der Waals surface area contributed by atoms with Gasteiger partial charge in [0.25, 0.3) is 0 Å². The highest BCUT2D eigenvalue weighted by atomic mass is 16.5. The Balaban J connectivity index is 1.62. The van der Waals surface area contributed by atoms with Crippen molar-refractivity contribution in [3.8, 4) is 0 Å². The van der Waals surface area contributed by atoms with E-state index in [1.165, 1.54) is 37.7 Å². The first kappa shape index (κ1) is 12.4. The van der Waals surface area contributed by atoms with Gasteiger partial charge in [0.2, 0.25) is 0 Å². The summed E-state index contributed by atoms with van der Waals surface area (Å²) in [5.41, 5.74) is 7.92. The predicted octanol–water partition coefficient (Wildman–Crippen LogP) is 3.55. The summed E-state index contributed by atoms with van der Waals surface area (Å²) in [6.07, 6.45) is 9.31. The fraction of sp³-hybridized carbons (Fsp3) is 0.600. The SMILES string of the molecule is Nc1cccc(CCCOC2CCCCC2)c1. The Kier molecular flexibility index (Phi) is 4.87. The average molecular weight is 233 g/mol. The van der Waals surface area contributed by atoms with Crippen LogP contribution in [0.5, 0.6) is 0 Å². The zero-order valence-corrected chi connectivity index (χ0v) is 10.5. The summed E-state index contributed by atoms with van der Waals surface area (Å²) in [7, 11) is 0. The van der Waals surface area contributed by atoms with Gasteiger partial charge in [0.1, 0.15) is 0 Å². The predicted molar refractivity (Wildman–Crippen MR) is 72.0 cm³/mol. The molecule has 0 aliphatic heterocycles. The van der Waals surface area contributed by atoms with Gasteiger partial charge < -0.3 is 10.5 Å². The van der Waals surface area contributed by atoms with Crippen LogP contribution in [0.4, 0.5) is 5.69 Å². The molecule has 2 N–H and O–H groups in total. The van der Waals surface area contributed by atoms with E-state index in [-0.39, 0.29) is 0 Å². The van der Waals surface area contributed by atoms with E-state index < -0.39 is 0 Å². The van der Waals surface area contributed by atoms with E-state index in [0.29, 0.717) is 6.10 Å². The van der Waals surface area contributed by atoms with Gasteiger partial charge in [0.15, 0.2) is 0 Å².